The first-order valence-electron chi connectivity index (χ1n) is 35.7. The molecule has 5 aliphatic rings. The Hall–Kier alpha value is -7.12. The lowest BCUT2D eigenvalue weighted by molar-refractivity contribution is -0.147. The Morgan fingerprint density at radius 1 is 0.654 bits per heavy atom. The molecule has 7 amide bonds. The second kappa shape index (κ2) is 41.6. The molecule has 18 N–H and O–H groups in total. The monoisotopic (exact) mass is 1560 g/mol. The van der Waals surface area contributed by atoms with Crippen LogP contribution < -0.4 is 46.9 Å². The van der Waals surface area contributed by atoms with E-state index in [9.17, 15) is 80.1 Å². The van der Waals surface area contributed by atoms with Gasteiger partial charge < -0.3 is 118 Å². The average molecular weight is 1560 g/mol. The van der Waals surface area contributed by atoms with Gasteiger partial charge in [0.05, 0.1) is 80.7 Å². The second-order valence-corrected chi connectivity index (χ2v) is 27.9. The molecule has 107 heavy (non-hydrogen) atoms. The lowest BCUT2D eigenvalue weighted by Gasteiger charge is -2.46. The highest BCUT2D eigenvalue weighted by atomic mass is 35.5. The van der Waals surface area contributed by atoms with E-state index in [0.717, 1.165) is 85.4 Å². The van der Waals surface area contributed by atoms with Crippen molar-refractivity contribution >= 4 is 84.3 Å². The molecule has 34 heteroatoms. The maximum Gasteiger partial charge on any atom is 0.251 e. The van der Waals surface area contributed by atoms with Crippen LogP contribution in [0.1, 0.15) is 80.3 Å². The summed E-state index contributed by atoms with van der Waals surface area (Å²) in [6.45, 7) is 2.60. The number of piperazine rings is 1. The highest BCUT2D eigenvalue weighted by Crippen LogP contribution is 2.42. The SMILES string of the molecule is COC1(c2ccccc2)CCC(N2CCN(c3ccc(-c4ccc(C(=O)N[C@H]5C[C@@H](O)CNC(=O)[C@@H]6[C@@H](O)[C@@H](C)CN6C(=O)[C@H]([C@H](O)CCNC(CO)CO)NC(=O)[C@H]([C@H](O)Cc6ccc(O)c(OCCNC(CO)CO)c6)NC(=O)[C@@H]6C[C@@H](O)CN6C(=O)[C@H]([C@@H](C)O)NC5=O)cc4)cc3)CC2)CC1.Cl.Cl.Cl. The predicted octanol–water partition coefficient (Wildman–Crippen LogP) is -2.47. The highest BCUT2D eigenvalue weighted by Gasteiger charge is 2.50. The molecule has 4 heterocycles. The van der Waals surface area contributed by atoms with Crippen LogP contribution in [0.5, 0.6) is 11.5 Å². The normalized spacial score (nSPS) is 26.7. The van der Waals surface area contributed by atoms with E-state index in [1.165, 1.54) is 42.8 Å². The Labute approximate surface area is 640 Å². The molecule has 0 radical (unpaired) electrons. The summed E-state index contributed by atoms with van der Waals surface area (Å²) in [7, 11) is 1.81. The molecule has 0 bridgehead atoms. The number of phenolic OH excluding ortho intramolecular Hbond substituents is 1. The van der Waals surface area contributed by atoms with E-state index >= 15 is 9.59 Å². The molecule has 1 saturated carbocycles. The van der Waals surface area contributed by atoms with Crippen LogP contribution in [0.15, 0.2) is 97.1 Å². The fourth-order valence-electron chi connectivity index (χ4n) is 14.5. The summed E-state index contributed by atoms with van der Waals surface area (Å²) in [6.07, 6.45) is -8.45. The number of methoxy groups -OCH3 is 1. The number of nitrogens with one attached hydrogen (secondary N) is 7. The maximum absolute atomic E-state index is 15.1. The molecule has 0 unspecified atom stereocenters. The zero-order valence-corrected chi connectivity index (χ0v) is 62.6. The zero-order valence-electron chi connectivity index (χ0n) is 60.1. The van der Waals surface area contributed by atoms with Crippen LogP contribution in [-0.4, -0.2) is 302 Å². The van der Waals surface area contributed by atoms with Gasteiger partial charge in [0.15, 0.2) is 11.5 Å². The van der Waals surface area contributed by atoms with Crippen LogP contribution in [0.4, 0.5) is 5.69 Å². The number of aliphatic hydroxyl groups excluding tert-OH is 10. The fraction of sp³-hybridized carbons (Fsp3) is 0.575. The predicted molar refractivity (Wildman–Crippen MR) is 400 cm³/mol. The van der Waals surface area contributed by atoms with Crippen molar-refractivity contribution in [1.82, 2.24) is 51.9 Å². The summed E-state index contributed by atoms with van der Waals surface area (Å²) in [6, 6.07) is 16.5. The first-order valence-corrected chi connectivity index (χ1v) is 35.7. The minimum Gasteiger partial charge on any atom is -0.504 e. The first kappa shape index (κ1) is 88.8. The lowest BCUT2D eigenvalue weighted by atomic mass is 9.77. The number of hydrogen-bond acceptors (Lipinski definition) is 24. The number of nitrogens with zero attached hydrogens (tertiary/aromatic N) is 4. The fourth-order valence-corrected chi connectivity index (χ4v) is 14.5. The van der Waals surface area contributed by atoms with E-state index in [1.54, 1.807) is 12.1 Å². The van der Waals surface area contributed by atoms with Gasteiger partial charge in [0.25, 0.3) is 5.91 Å². The summed E-state index contributed by atoms with van der Waals surface area (Å²) in [5.41, 5.74) is 3.91. The number of ether oxygens (including phenoxy) is 2. The zero-order chi connectivity index (χ0) is 74.9. The van der Waals surface area contributed by atoms with Crippen molar-refractivity contribution in [3.63, 3.8) is 0 Å². The Kier molecular flexibility index (Phi) is 34.5. The van der Waals surface area contributed by atoms with Crippen molar-refractivity contribution in [3.05, 3.63) is 114 Å². The van der Waals surface area contributed by atoms with Gasteiger partial charge in [0, 0.05) is 102 Å². The van der Waals surface area contributed by atoms with Crippen LogP contribution >= 0.6 is 37.2 Å². The largest absolute Gasteiger partial charge is 0.504 e. The number of hydrogen-bond donors (Lipinski definition) is 18. The molecule has 4 aromatic rings. The Bertz CT molecular complexity index is 3510. The van der Waals surface area contributed by atoms with Gasteiger partial charge in [-0.3, -0.25) is 38.5 Å². The minimum absolute atomic E-state index is 0. The number of anilines is 1. The number of amides is 7. The molecule has 13 atom stereocenters. The van der Waals surface area contributed by atoms with Gasteiger partial charge in [-0.2, -0.15) is 0 Å². The number of β-amino-alcohol motifs (C(OH)–C–C–N with tert-alkyl or cyclic N) is 1. The van der Waals surface area contributed by atoms with Crippen molar-refractivity contribution in [3.8, 4) is 22.6 Å². The minimum atomic E-state index is -2.14. The molecule has 0 aromatic heterocycles. The van der Waals surface area contributed by atoms with E-state index < -0.39 is 184 Å². The molecule has 594 valence electrons. The van der Waals surface area contributed by atoms with Crippen LogP contribution in [0.3, 0.4) is 0 Å². The molecule has 4 aromatic carbocycles. The highest BCUT2D eigenvalue weighted by molar-refractivity contribution is 6.00. The summed E-state index contributed by atoms with van der Waals surface area (Å²) >= 11 is 0. The smallest absolute Gasteiger partial charge is 0.251 e. The molecule has 4 saturated heterocycles. The Morgan fingerprint density at radius 3 is 1.85 bits per heavy atom. The van der Waals surface area contributed by atoms with Crippen LogP contribution in [0.25, 0.3) is 11.1 Å². The number of aliphatic hydroxyl groups is 10. The molecule has 4 aliphatic heterocycles. The number of halogens is 3. The molecule has 0 spiro atoms. The second-order valence-electron chi connectivity index (χ2n) is 27.9. The number of carbonyl (C=O) groups excluding carboxylic acids is 7. The molecule has 1 aliphatic carbocycles. The summed E-state index contributed by atoms with van der Waals surface area (Å²) in [5.74, 6) is -9.09. The van der Waals surface area contributed by atoms with E-state index in [1.807, 2.05) is 25.3 Å². The third kappa shape index (κ3) is 22.5. The average Bonchev–Trinajstić information content (AvgIpc) is 1.73. The Morgan fingerprint density at radius 2 is 1.24 bits per heavy atom. The summed E-state index contributed by atoms with van der Waals surface area (Å²) < 4.78 is 11.9. The van der Waals surface area contributed by atoms with E-state index in [0.29, 0.717) is 6.04 Å². The quantitative estimate of drug-likeness (QED) is 0.0306. The van der Waals surface area contributed by atoms with E-state index in [2.05, 4.69) is 83.4 Å². The van der Waals surface area contributed by atoms with Gasteiger partial charge in [-0.1, -0.05) is 67.6 Å². The van der Waals surface area contributed by atoms with Crippen molar-refractivity contribution in [2.24, 2.45) is 5.92 Å². The van der Waals surface area contributed by atoms with Gasteiger partial charge in [0.2, 0.25) is 35.4 Å². The van der Waals surface area contributed by atoms with Crippen molar-refractivity contribution < 1.29 is 99.2 Å². The molecular weight excluding hydrogens is 1460 g/mol. The number of rotatable bonds is 25. The topological polar surface area (TPSA) is 458 Å². The van der Waals surface area contributed by atoms with Crippen molar-refractivity contribution in [2.45, 2.75) is 162 Å². The molecule has 5 fully saturated rings. The van der Waals surface area contributed by atoms with Gasteiger partial charge in [-0.25, -0.2) is 0 Å². The molecule has 31 nitrogen and oxygen atoms in total. The Balaban J connectivity index is 0.00000597. The van der Waals surface area contributed by atoms with Gasteiger partial charge in [-0.05, 0) is 104 Å². The van der Waals surface area contributed by atoms with Gasteiger partial charge in [0.1, 0.15) is 42.9 Å². The summed E-state index contributed by atoms with van der Waals surface area (Å²) in [4.78, 5) is 110. The standard InChI is InChI=1S/C73H103N11O20.3ClH/c1-42-36-84-64(65(42)95)70(100)76-35-53(90)33-55(77-66(96)47-12-10-45(11-13-47)46-14-16-51(17-15-46)81-26-28-82(29-27-81)52-19-22-73(103-3,23-20-52)48-7-5-4-6-8-48)67(97)78-61(43(2)89)71(101)83-37-54(91)34-56(83)68(98)79-62(69(99)80-63(72(84)102)58(93)21-24-74-49(38-85)39-86)59(94)31-44-9-18-57(92)60(32-44)104-30-25-75-50(40-87)41-88;;;/h4-18,32,42-43,49-50,52-56,58-59,61-65,74-75,85-95H,19-31,33-41H2,1-3H3,(H,76,100)(H,77,96)(H,78,97)(H,79,98)(H,80,99);3*1H/t42-,43+,52?,53+,54+,55-,56-,58+,59+,61-,62-,63-,64-,65-,73?;;;/m0.../s1. The number of benzene rings is 4. The maximum atomic E-state index is 15.1. The number of phenols is 1. The third-order valence-corrected chi connectivity index (χ3v) is 20.8. The van der Waals surface area contributed by atoms with Gasteiger partial charge in [-0.15, -0.1) is 37.2 Å². The number of aromatic hydroxyl groups is 1. The number of carbonyl (C=O) groups is 7. The number of fused-ring (bicyclic) bond motifs is 2. The van der Waals surface area contributed by atoms with E-state index in [-0.39, 0.29) is 105 Å². The first-order chi connectivity index (χ1) is 49.9. The van der Waals surface area contributed by atoms with E-state index in [4.69, 9.17) is 9.47 Å². The molecular formula is C73H106Cl3N11O20. The summed E-state index contributed by atoms with van der Waals surface area (Å²) in [5, 5.41) is 137. The van der Waals surface area contributed by atoms with Crippen LogP contribution in [0.2, 0.25) is 0 Å². The third-order valence-electron chi connectivity index (χ3n) is 20.8. The lowest BCUT2D eigenvalue weighted by Crippen LogP contribution is -2.64. The van der Waals surface area contributed by atoms with Crippen LogP contribution in [-0.2, 0) is 45.5 Å². The van der Waals surface area contributed by atoms with Gasteiger partial charge >= 0.3 is 0 Å². The van der Waals surface area contributed by atoms with Crippen LogP contribution in [0, 0.1) is 5.92 Å². The van der Waals surface area contributed by atoms with Crippen molar-refractivity contribution in [2.75, 3.05) is 104 Å². The molecule has 9 rings (SSSR count). The van der Waals surface area contributed by atoms with Crippen molar-refractivity contribution in [1.29, 1.82) is 0 Å².